The molecule has 0 aliphatic carbocycles. The molecule has 1 fully saturated rings. The molecule has 0 radical (unpaired) electrons. The zero-order chi connectivity index (χ0) is 9.84. The van der Waals surface area contributed by atoms with E-state index in [4.69, 9.17) is 4.74 Å². The first-order chi connectivity index (χ1) is 6.16. The third kappa shape index (κ3) is 2.61. The number of nitrogens with zero attached hydrogens (tertiary/aromatic N) is 1. The average Bonchev–Trinajstić information content (AvgIpc) is 2.67. The predicted octanol–water partition coefficient (Wildman–Crippen LogP) is 0.985. The normalized spacial score (nSPS) is 24.4. The average molecular weight is 203 g/mol. The molecule has 0 N–H and O–H groups in total. The molecule has 13 heavy (non-hydrogen) atoms. The van der Waals surface area contributed by atoms with Crippen LogP contribution in [0.3, 0.4) is 0 Å². The van der Waals surface area contributed by atoms with Gasteiger partial charge in [-0.05, 0) is 19.1 Å². The van der Waals surface area contributed by atoms with Gasteiger partial charge in [-0.2, -0.15) is 11.8 Å². The summed E-state index contributed by atoms with van der Waals surface area (Å²) in [5, 5.41) is 0. The number of carbonyl (C=O) groups excluding carboxylic acids is 1. The maximum Gasteiger partial charge on any atom is 0.251 e. The lowest BCUT2D eigenvalue weighted by Crippen LogP contribution is -2.42. The van der Waals surface area contributed by atoms with Gasteiger partial charge < -0.3 is 9.64 Å². The summed E-state index contributed by atoms with van der Waals surface area (Å²) in [6.45, 7) is 1.79. The minimum Gasteiger partial charge on any atom is -0.372 e. The largest absolute Gasteiger partial charge is 0.372 e. The molecule has 3 nitrogen and oxygen atoms in total. The number of carbonyl (C=O) groups is 1. The van der Waals surface area contributed by atoms with Gasteiger partial charge in [0.2, 0.25) is 0 Å². The Labute approximate surface area is 83.8 Å². The zero-order valence-electron chi connectivity index (χ0n) is 8.45. The molecular formula is C9H17NO2S. The quantitative estimate of drug-likeness (QED) is 0.685. The minimum atomic E-state index is -0.310. The highest BCUT2D eigenvalue weighted by Gasteiger charge is 2.26. The maximum absolute atomic E-state index is 11.7. The van der Waals surface area contributed by atoms with Crippen LogP contribution in [0.1, 0.15) is 13.3 Å². The third-order valence-electron chi connectivity index (χ3n) is 2.50. The van der Waals surface area contributed by atoms with Crippen molar-refractivity contribution in [3.8, 4) is 0 Å². The van der Waals surface area contributed by atoms with Crippen molar-refractivity contribution in [1.82, 2.24) is 4.90 Å². The molecule has 0 aromatic rings. The van der Waals surface area contributed by atoms with E-state index in [9.17, 15) is 4.79 Å². The van der Waals surface area contributed by atoms with Crippen LogP contribution in [0.15, 0.2) is 0 Å². The monoisotopic (exact) mass is 203 g/mol. The van der Waals surface area contributed by atoms with Crippen molar-refractivity contribution in [2.45, 2.75) is 25.5 Å². The Hall–Kier alpha value is -0.220. The molecule has 4 heteroatoms. The van der Waals surface area contributed by atoms with Gasteiger partial charge in [0.05, 0.1) is 0 Å². The van der Waals surface area contributed by atoms with E-state index in [-0.39, 0.29) is 12.0 Å². The number of thioether (sulfide) groups is 1. The van der Waals surface area contributed by atoms with E-state index in [0.29, 0.717) is 6.04 Å². The molecule has 1 rings (SSSR count). The SMILES string of the molecule is COC(C)C(=O)N(C)C1CCSC1. The summed E-state index contributed by atoms with van der Waals surface area (Å²) in [6, 6.07) is 0.412. The smallest absolute Gasteiger partial charge is 0.251 e. The van der Waals surface area contributed by atoms with Gasteiger partial charge in [0, 0.05) is 26.0 Å². The summed E-state index contributed by atoms with van der Waals surface area (Å²) in [7, 11) is 3.44. The number of amides is 1. The van der Waals surface area contributed by atoms with E-state index in [1.165, 1.54) is 5.75 Å². The number of rotatable bonds is 3. The summed E-state index contributed by atoms with van der Waals surface area (Å²) in [5.74, 6) is 2.33. The summed E-state index contributed by atoms with van der Waals surface area (Å²) < 4.78 is 4.99. The van der Waals surface area contributed by atoms with Crippen molar-refractivity contribution in [1.29, 1.82) is 0 Å². The van der Waals surface area contributed by atoms with Crippen LogP contribution < -0.4 is 0 Å². The summed E-state index contributed by atoms with van der Waals surface area (Å²) >= 11 is 1.91. The predicted molar refractivity (Wildman–Crippen MR) is 55.0 cm³/mol. The van der Waals surface area contributed by atoms with Gasteiger partial charge in [-0.3, -0.25) is 4.79 Å². The second-order valence-corrected chi connectivity index (χ2v) is 4.49. The number of likely N-dealkylation sites (N-methyl/N-ethyl adjacent to an activating group) is 1. The standard InChI is InChI=1S/C9H17NO2S/c1-7(12-3)9(11)10(2)8-4-5-13-6-8/h7-8H,4-6H2,1-3H3. The fraction of sp³-hybridized carbons (Fsp3) is 0.889. The zero-order valence-corrected chi connectivity index (χ0v) is 9.26. The fourth-order valence-corrected chi connectivity index (χ4v) is 2.66. The van der Waals surface area contributed by atoms with E-state index >= 15 is 0 Å². The fourth-order valence-electron chi connectivity index (χ4n) is 1.40. The molecule has 1 amide bonds. The lowest BCUT2D eigenvalue weighted by atomic mass is 10.2. The lowest BCUT2D eigenvalue weighted by Gasteiger charge is -2.26. The molecule has 1 heterocycles. The van der Waals surface area contributed by atoms with Crippen LogP contribution in [-0.2, 0) is 9.53 Å². The molecule has 2 atom stereocenters. The van der Waals surface area contributed by atoms with Crippen molar-refractivity contribution in [3.63, 3.8) is 0 Å². The van der Waals surface area contributed by atoms with Crippen LogP contribution in [0.25, 0.3) is 0 Å². The van der Waals surface area contributed by atoms with Gasteiger partial charge in [-0.25, -0.2) is 0 Å². The van der Waals surface area contributed by atoms with Crippen LogP contribution >= 0.6 is 11.8 Å². The van der Waals surface area contributed by atoms with E-state index < -0.39 is 0 Å². The topological polar surface area (TPSA) is 29.5 Å². The van der Waals surface area contributed by atoms with Gasteiger partial charge in [-0.15, -0.1) is 0 Å². The second kappa shape index (κ2) is 4.86. The molecule has 76 valence electrons. The van der Waals surface area contributed by atoms with Crippen LogP contribution in [-0.4, -0.2) is 48.6 Å². The third-order valence-corrected chi connectivity index (χ3v) is 3.65. The Morgan fingerprint density at radius 1 is 1.69 bits per heavy atom. The van der Waals surface area contributed by atoms with E-state index in [0.717, 1.165) is 12.2 Å². The first-order valence-corrected chi connectivity index (χ1v) is 5.69. The number of hydrogen-bond donors (Lipinski definition) is 0. The van der Waals surface area contributed by atoms with Crippen molar-refractivity contribution in [3.05, 3.63) is 0 Å². The summed E-state index contributed by atoms with van der Waals surface area (Å²) in [6.07, 6.45) is 0.805. The second-order valence-electron chi connectivity index (χ2n) is 3.34. The number of ether oxygens (including phenoxy) is 1. The van der Waals surface area contributed by atoms with Crippen LogP contribution in [0.2, 0.25) is 0 Å². The molecular weight excluding hydrogens is 186 g/mol. The number of hydrogen-bond acceptors (Lipinski definition) is 3. The van der Waals surface area contributed by atoms with E-state index in [2.05, 4.69) is 0 Å². The molecule has 0 bridgehead atoms. The van der Waals surface area contributed by atoms with Crippen molar-refractivity contribution >= 4 is 17.7 Å². The first-order valence-electron chi connectivity index (χ1n) is 4.54. The van der Waals surface area contributed by atoms with Crippen molar-refractivity contribution < 1.29 is 9.53 Å². The van der Waals surface area contributed by atoms with Crippen LogP contribution in [0.5, 0.6) is 0 Å². The Kier molecular flexibility index (Phi) is 4.06. The molecule has 0 saturated carbocycles. The molecule has 0 spiro atoms. The van der Waals surface area contributed by atoms with Gasteiger partial charge in [0.15, 0.2) is 0 Å². The van der Waals surface area contributed by atoms with Gasteiger partial charge in [-0.1, -0.05) is 0 Å². The van der Waals surface area contributed by atoms with Crippen molar-refractivity contribution in [2.24, 2.45) is 0 Å². The van der Waals surface area contributed by atoms with Gasteiger partial charge in [0.25, 0.3) is 5.91 Å². The Balaban J connectivity index is 2.45. The molecule has 1 aliphatic heterocycles. The Morgan fingerprint density at radius 3 is 2.85 bits per heavy atom. The van der Waals surface area contributed by atoms with Gasteiger partial charge >= 0.3 is 0 Å². The van der Waals surface area contributed by atoms with E-state index in [1.54, 1.807) is 14.0 Å². The summed E-state index contributed by atoms with van der Waals surface area (Å²) in [5.41, 5.74) is 0. The Morgan fingerprint density at radius 2 is 2.38 bits per heavy atom. The lowest BCUT2D eigenvalue weighted by molar-refractivity contribution is -0.141. The van der Waals surface area contributed by atoms with E-state index in [1.807, 2.05) is 23.7 Å². The first kappa shape index (κ1) is 10.9. The molecule has 0 aromatic heterocycles. The minimum absolute atomic E-state index is 0.0926. The molecule has 0 aromatic carbocycles. The maximum atomic E-state index is 11.7. The molecule has 1 saturated heterocycles. The van der Waals surface area contributed by atoms with Crippen LogP contribution in [0.4, 0.5) is 0 Å². The highest BCUT2D eigenvalue weighted by molar-refractivity contribution is 7.99. The highest BCUT2D eigenvalue weighted by atomic mass is 32.2. The van der Waals surface area contributed by atoms with Gasteiger partial charge in [0.1, 0.15) is 6.10 Å². The molecule has 1 aliphatic rings. The highest BCUT2D eigenvalue weighted by Crippen LogP contribution is 2.21. The van der Waals surface area contributed by atoms with Crippen molar-refractivity contribution in [2.75, 3.05) is 25.7 Å². The van der Waals surface area contributed by atoms with Crippen LogP contribution in [0, 0.1) is 0 Å². The Bertz CT molecular complexity index is 180. The summed E-state index contributed by atoms with van der Waals surface area (Å²) in [4.78, 5) is 13.5. The molecule has 2 unspecified atom stereocenters. The number of methoxy groups -OCH3 is 1.